The zero-order valence-electron chi connectivity index (χ0n) is 18.7. The number of halogens is 3. The largest absolute Gasteiger partial charge is 0.488 e. The number of hydrogen-bond acceptors (Lipinski definition) is 6. The van der Waals surface area contributed by atoms with E-state index in [0.29, 0.717) is 23.6 Å². The van der Waals surface area contributed by atoms with Gasteiger partial charge in [-0.1, -0.05) is 22.9 Å². The Kier molecular flexibility index (Phi) is 10.3. The minimum Gasteiger partial charge on any atom is -0.488 e. The summed E-state index contributed by atoms with van der Waals surface area (Å²) in [5.74, 6) is -0.921. The standard InChI is InChI=1S/C21H20BrF2N3O2.C2H5NO2/c1-3-20-25-9-14(10-26-20)11-27-13(2)6-19(17(8-22)21(27)28)29-12-15-4-5-16(23)7-18(15)24;3-2(5)1-4/h4-7,9-10H,3,8,11-12H2,1-2H3;4H,1H2,(H2,3,5). The molecule has 0 saturated heterocycles. The number of primary amides is 1. The summed E-state index contributed by atoms with van der Waals surface area (Å²) in [7, 11) is 0. The van der Waals surface area contributed by atoms with Crippen molar-refractivity contribution < 1.29 is 23.4 Å². The molecule has 0 atom stereocenters. The van der Waals surface area contributed by atoms with Crippen LogP contribution in [0, 0.1) is 18.6 Å². The van der Waals surface area contributed by atoms with E-state index in [2.05, 4.69) is 31.6 Å². The van der Waals surface area contributed by atoms with Gasteiger partial charge in [0.15, 0.2) is 0 Å². The first-order valence-corrected chi connectivity index (χ1v) is 11.4. The Morgan fingerprint density at radius 2 is 1.88 bits per heavy atom. The van der Waals surface area contributed by atoms with Crippen LogP contribution in [0.15, 0.2) is 41.5 Å². The Balaban J connectivity index is 0.000000739. The lowest BCUT2D eigenvalue weighted by atomic mass is 10.2. The molecule has 0 aliphatic carbocycles. The van der Waals surface area contributed by atoms with E-state index in [4.69, 9.17) is 9.84 Å². The van der Waals surface area contributed by atoms with Gasteiger partial charge in [0.1, 0.15) is 36.4 Å². The van der Waals surface area contributed by atoms with Gasteiger partial charge in [0.25, 0.3) is 5.56 Å². The van der Waals surface area contributed by atoms with Gasteiger partial charge >= 0.3 is 0 Å². The number of aryl methyl sites for hydroxylation is 2. The lowest BCUT2D eigenvalue weighted by molar-refractivity contribution is -0.120. The highest BCUT2D eigenvalue weighted by molar-refractivity contribution is 9.08. The third kappa shape index (κ3) is 7.42. The number of rotatable bonds is 8. The van der Waals surface area contributed by atoms with E-state index >= 15 is 0 Å². The summed E-state index contributed by atoms with van der Waals surface area (Å²) in [6, 6.07) is 5.04. The second kappa shape index (κ2) is 12.9. The summed E-state index contributed by atoms with van der Waals surface area (Å²) in [6.07, 6.45) is 4.17. The Morgan fingerprint density at radius 3 is 2.41 bits per heavy atom. The number of nitrogens with two attached hydrogens (primary N) is 1. The van der Waals surface area contributed by atoms with Crippen LogP contribution in [0.3, 0.4) is 0 Å². The van der Waals surface area contributed by atoms with Crippen LogP contribution in [0.5, 0.6) is 5.75 Å². The van der Waals surface area contributed by atoms with Crippen LogP contribution in [0.2, 0.25) is 0 Å². The molecule has 8 nitrogen and oxygen atoms in total. The Morgan fingerprint density at radius 1 is 1.24 bits per heavy atom. The molecule has 3 N–H and O–H groups in total. The summed E-state index contributed by atoms with van der Waals surface area (Å²) in [4.78, 5) is 30.9. The summed E-state index contributed by atoms with van der Waals surface area (Å²) in [5.41, 5.74) is 6.32. The average Bonchev–Trinajstić information content (AvgIpc) is 2.82. The lowest BCUT2D eigenvalue weighted by Gasteiger charge is -2.16. The molecule has 0 aliphatic heterocycles. The number of alkyl halides is 1. The number of pyridine rings is 1. The van der Waals surface area contributed by atoms with E-state index in [-0.39, 0.29) is 23.1 Å². The number of aromatic nitrogens is 3. The third-order valence-corrected chi connectivity index (χ3v) is 5.23. The number of amides is 1. The van der Waals surface area contributed by atoms with Gasteiger partial charge in [-0.3, -0.25) is 9.59 Å². The first-order chi connectivity index (χ1) is 16.2. The van der Waals surface area contributed by atoms with Crippen molar-refractivity contribution in [2.45, 2.75) is 38.8 Å². The molecule has 3 rings (SSSR count). The number of nitrogens with zero attached hydrogens (tertiary/aromatic N) is 3. The molecule has 0 aliphatic rings. The molecule has 0 saturated carbocycles. The monoisotopic (exact) mass is 538 g/mol. The van der Waals surface area contributed by atoms with Gasteiger partial charge in [-0.25, -0.2) is 18.7 Å². The maximum atomic E-state index is 13.8. The summed E-state index contributed by atoms with van der Waals surface area (Å²) >= 11 is 3.33. The first-order valence-electron chi connectivity index (χ1n) is 10.2. The average molecular weight is 539 g/mol. The Labute approximate surface area is 203 Å². The normalized spacial score (nSPS) is 10.4. The zero-order valence-corrected chi connectivity index (χ0v) is 20.3. The van der Waals surface area contributed by atoms with Gasteiger partial charge in [0.05, 0.1) is 12.1 Å². The molecule has 0 bridgehead atoms. The fraction of sp³-hybridized carbons (Fsp3) is 0.304. The van der Waals surface area contributed by atoms with Crippen LogP contribution in [0.1, 0.15) is 35.1 Å². The molecule has 2 heterocycles. The zero-order chi connectivity index (χ0) is 25.3. The molecule has 1 aromatic carbocycles. The van der Waals surface area contributed by atoms with Crippen LogP contribution in [-0.4, -0.2) is 32.2 Å². The fourth-order valence-electron chi connectivity index (χ4n) is 2.85. The van der Waals surface area contributed by atoms with E-state index in [1.54, 1.807) is 30.0 Å². The van der Waals surface area contributed by atoms with Crippen LogP contribution < -0.4 is 16.0 Å². The quantitative estimate of drug-likeness (QED) is 0.425. The van der Waals surface area contributed by atoms with Crippen molar-refractivity contribution in [3.8, 4) is 5.75 Å². The van der Waals surface area contributed by atoms with Crippen LogP contribution in [0.4, 0.5) is 8.78 Å². The second-order valence-electron chi connectivity index (χ2n) is 7.16. The van der Waals surface area contributed by atoms with Crippen molar-refractivity contribution in [3.05, 3.63) is 86.9 Å². The number of carbonyl (C=O) groups excluding carboxylic acids is 1. The molecule has 0 radical (unpaired) electrons. The smallest absolute Gasteiger partial charge is 0.258 e. The van der Waals surface area contributed by atoms with E-state index in [1.807, 2.05) is 6.92 Å². The molecule has 34 heavy (non-hydrogen) atoms. The summed E-state index contributed by atoms with van der Waals surface area (Å²) in [6.45, 7) is 3.44. The van der Waals surface area contributed by atoms with Gasteiger partial charge in [-0.15, -0.1) is 0 Å². The van der Waals surface area contributed by atoms with E-state index in [9.17, 15) is 18.4 Å². The Hall–Kier alpha value is -3.18. The third-order valence-electron chi connectivity index (χ3n) is 4.67. The minimum absolute atomic E-state index is 0.110. The number of benzene rings is 1. The van der Waals surface area contributed by atoms with Crippen LogP contribution in [-0.2, 0) is 29.7 Å². The van der Waals surface area contributed by atoms with Crippen molar-refractivity contribution in [1.82, 2.24) is 14.5 Å². The van der Waals surface area contributed by atoms with Crippen LogP contribution >= 0.6 is 15.9 Å². The number of aliphatic hydroxyl groups excluding tert-OH is 1. The summed E-state index contributed by atoms with van der Waals surface area (Å²) < 4.78 is 34.2. The highest BCUT2D eigenvalue weighted by Gasteiger charge is 2.15. The van der Waals surface area contributed by atoms with Gasteiger partial charge in [0.2, 0.25) is 5.91 Å². The van der Waals surface area contributed by atoms with Crippen molar-refractivity contribution in [1.29, 1.82) is 0 Å². The van der Waals surface area contributed by atoms with Crippen molar-refractivity contribution >= 4 is 21.8 Å². The number of ether oxygens (including phenoxy) is 1. The fourth-order valence-corrected chi connectivity index (χ4v) is 3.37. The van der Waals surface area contributed by atoms with Gasteiger partial charge in [0, 0.05) is 47.0 Å². The van der Waals surface area contributed by atoms with Crippen LogP contribution in [0.25, 0.3) is 0 Å². The summed E-state index contributed by atoms with van der Waals surface area (Å²) in [5, 5.41) is 7.95. The van der Waals surface area contributed by atoms with E-state index in [1.165, 1.54) is 12.1 Å². The van der Waals surface area contributed by atoms with Crippen molar-refractivity contribution in [2.24, 2.45) is 5.73 Å². The first kappa shape index (κ1) is 27.1. The predicted molar refractivity (Wildman–Crippen MR) is 126 cm³/mol. The highest BCUT2D eigenvalue weighted by atomic mass is 79.9. The van der Waals surface area contributed by atoms with Gasteiger partial charge < -0.3 is 20.1 Å². The maximum absolute atomic E-state index is 13.8. The van der Waals surface area contributed by atoms with Gasteiger partial charge in [-0.2, -0.15) is 0 Å². The van der Waals surface area contributed by atoms with Crippen molar-refractivity contribution in [2.75, 3.05) is 6.61 Å². The molecule has 0 unspecified atom stereocenters. The molecular formula is C23H25BrF2N4O4. The van der Waals surface area contributed by atoms with Gasteiger partial charge in [-0.05, 0) is 25.1 Å². The lowest BCUT2D eigenvalue weighted by Crippen LogP contribution is -2.26. The molecular weight excluding hydrogens is 514 g/mol. The number of carbonyl (C=O) groups is 1. The minimum atomic E-state index is -0.690. The highest BCUT2D eigenvalue weighted by Crippen LogP contribution is 2.22. The molecule has 0 fully saturated rings. The van der Waals surface area contributed by atoms with E-state index < -0.39 is 24.1 Å². The number of aliphatic hydroxyl groups is 1. The molecule has 11 heteroatoms. The maximum Gasteiger partial charge on any atom is 0.258 e. The van der Waals surface area contributed by atoms with Crippen molar-refractivity contribution in [3.63, 3.8) is 0 Å². The van der Waals surface area contributed by atoms with E-state index in [0.717, 1.165) is 23.9 Å². The topological polar surface area (TPSA) is 120 Å². The Bertz CT molecular complexity index is 1190. The second-order valence-corrected chi connectivity index (χ2v) is 7.72. The molecule has 2 aromatic heterocycles. The predicted octanol–water partition coefficient (Wildman–Crippen LogP) is 2.77. The molecule has 0 spiro atoms. The molecule has 182 valence electrons. The molecule has 3 aromatic rings. The molecule has 1 amide bonds. The SMILES string of the molecule is CCc1ncc(Cn2c(C)cc(OCc3ccc(F)cc3F)c(CBr)c2=O)cn1.NC(=O)CO. The number of hydrogen-bond donors (Lipinski definition) is 2.